The second-order valence-electron chi connectivity index (χ2n) is 9.96. The van der Waals surface area contributed by atoms with Crippen LogP contribution in [-0.4, -0.2) is 44.7 Å². The van der Waals surface area contributed by atoms with Crippen LogP contribution in [0.5, 0.6) is 11.5 Å². The van der Waals surface area contributed by atoms with Gasteiger partial charge in [0.15, 0.2) is 5.84 Å². The lowest BCUT2D eigenvalue weighted by molar-refractivity contribution is -0.114. The number of benzene rings is 3. The second-order valence-corrected chi connectivity index (χ2v) is 11.0. The molecule has 0 aliphatic carbocycles. The van der Waals surface area contributed by atoms with Crippen molar-refractivity contribution >= 4 is 50.7 Å². The largest absolute Gasteiger partial charge is 0.492 e. The van der Waals surface area contributed by atoms with E-state index in [4.69, 9.17) is 14.9 Å². The van der Waals surface area contributed by atoms with Gasteiger partial charge in [-0.1, -0.05) is 42.5 Å². The van der Waals surface area contributed by atoms with E-state index in [0.717, 1.165) is 33.5 Å². The minimum atomic E-state index is -0.458. The Morgan fingerprint density at radius 2 is 1.76 bits per heavy atom. The highest BCUT2D eigenvalue weighted by molar-refractivity contribution is 8.27. The molecule has 0 bridgehead atoms. The summed E-state index contributed by atoms with van der Waals surface area (Å²) in [7, 11) is 0. The van der Waals surface area contributed by atoms with Crippen LogP contribution in [0.1, 0.15) is 22.3 Å². The molecule has 1 N–H and O–H groups in total. The number of thioether (sulfide) groups is 1. The summed E-state index contributed by atoms with van der Waals surface area (Å²) in [6, 6.07) is 21.9. The maximum Gasteiger partial charge on any atom is 0.283 e. The van der Waals surface area contributed by atoms with Crippen LogP contribution in [-0.2, 0) is 11.3 Å². The molecule has 41 heavy (non-hydrogen) atoms. The van der Waals surface area contributed by atoms with Crippen molar-refractivity contribution in [2.45, 2.75) is 27.3 Å². The van der Waals surface area contributed by atoms with Crippen molar-refractivity contribution in [2.75, 3.05) is 13.2 Å². The van der Waals surface area contributed by atoms with Gasteiger partial charge in [-0.2, -0.15) is 15.1 Å². The minimum Gasteiger partial charge on any atom is -0.492 e. The van der Waals surface area contributed by atoms with Gasteiger partial charge >= 0.3 is 0 Å². The zero-order valence-corrected chi connectivity index (χ0v) is 23.9. The summed E-state index contributed by atoms with van der Waals surface area (Å²) in [5, 5.41) is 16.7. The van der Waals surface area contributed by atoms with E-state index < -0.39 is 5.91 Å². The molecule has 0 radical (unpaired) electrons. The Morgan fingerprint density at radius 3 is 2.59 bits per heavy atom. The Bertz CT molecular complexity index is 1790. The molecule has 0 spiro atoms. The van der Waals surface area contributed by atoms with Crippen LogP contribution in [0.2, 0.25) is 0 Å². The van der Waals surface area contributed by atoms with Crippen molar-refractivity contribution in [1.82, 2.24) is 9.58 Å². The monoisotopic (exact) mass is 563 g/mol. The van der Waals surface area contributed by atoms with Crippen LogP contribution in [0, 0.1) is 26.2 Å². The molecular formula is C32H29N5O3S. The zero-order chi connectivity index (χ0) is 28.5. The summed E-state index contributed by atoms with van der Waals surface area (Å²) < 4.78 is 14.1. The highest BCUT2D eigenvalue weighted by Crippen LogP contribution is 2.31. The third-order valence-electron chi connectivity index (χ3n) is 7.14. The normalized spacial score (nSPS) is 15.8. The van der Waals surface area contributed by atoms with Gasteiger partial charge < -0.3 is 14.0 Å². The number of fused-ring (bicyclic) bond motifs is 2. The first-order valence-corrected chi connectivity index (χ1v) is 14.1. The molecule has 3 heterocycles. The smallest absolute Gasteiger partial charge is 0.283 e. The SMILES string of the molecule is Cc1ccc(OCCn2cc(/C=C3/C(=N)N4N=C(COc5ccccc5C)SC4=NC3=O)c3ccccc32)cc1C. The number of amidine groups is 2. The van der Waals surface area contributed by atoms with Crippen molar-refractivity contribution in [1.29, 1.82) is 5.41 Å². The lowest BCUT2D eigenvalue weighted by atomic mass is 10.1. The van der Waals surface area contributed by atoms with Crippen molar-refractivity contribution in [3.8, 4) is 11.5 Å². The first-order chi connectivity index (χ1) is 19.9. The van der Waals surface area contributed by atoms with Crippen LogP contribution in [0.25, 0.3) is 17.0 Å². The first kappa shape index (κ1) is 26.6. The molecule has 2 aliphatic rings. The third-order valence-corrected chi connectivity index (χ3v) is 8.02. The number of hydrogen-bond acceptors (Lipinski definition) is 6. The van der Waals surface area contributed by atoms with Crippen LogP contribution in [0.4, 0.5) is 0 Å². The molecular weight excluding hydrogens is 534 g/mol. The zero-order valence-electron chi connectivity index (χ0n) is 23.0. The van der Waals surface area contributed by atoms with Gasteiger partial charge in [0.05, 0.1) is 12.1 Å². The maximum atomic E-state index is 13.1. The van der Waals surface area contributed by atoms with Crippen LogP contribution >= 0.6 is 11.8 Å². The highest BCUT2D eigenvalue weighted by atomic mass is 32.2. The summed E-state index contributed by atoms with van der Waals surface area (Å²) in [5.41, 5.74) is 5.49. The van der Waals surface area contributed by atoms with Gasteiger partial charge in [-0.3, -0.25) is 10.2 Å². The minimum absolute atomic E-state index is 0.00621. The van der Waals surface area contributed by atoms with Crippen LogP contribution in [0.15, 0.2) is 88.6 Å². The summed E-state index contributed by atoms with van der Waals surface area (Å²) in [4.78, 5) is 17.3. The molecule has 0 saturated heterocycles. The van der Waals surface area contributed by atoms with Crippen LogP contribution in [0.3, 0.4) is 0 Å². The van der Waals surface area contributed by atoms with Gasteiger partial charge in [-0.25, -0.2) is 0 Å². The fourth-order valence-electron chi connectivity index (χ4n) is 4.74. The van der Waals surface area contributed by atoms with E-state index in [-0.39, 0.29) is 18.0 Å². The molecule has 0 atom stereocenters. The van der Waals surface area contributed by atoms with E-state index in [9.17, 15) is 4.79 Å². The number of rotatable bonds is 8. The van der Waals surface area contributed by atoms with Crippen molar-refractivity contribution in [3.63, 3.8) is 0 Å². The molecule has 4 aromatic rings. The molecule has 206 valence electrons. The van der Waals surface area contributed by atoms with Gasteiger partial charge in [-0.15, -0.1) is 0 Å². The number of nitrogens with one attached hydrogen (secondary N) is 1. The Hall–Kier alpha value is -4.63. The number of nitrogens with zero attached hydrogens (tertiary/aromatic N) is 4. The average molecular weight is 564 g/mol. The maximum absolute atomic E-state index is 13.1. The predicted molar refractivity (Wildman–Crippen MR) is 165 cm³/mol. The van der Waals surface area contributed by atoms with Crippen molar-refractivity contribution in [3.05, 3.63) is 101 Å². The van der Waals surface area contributed by atoms with Gasteiger partial charge in [0.2, 0.25) is 5.17 Å². The number of para-hydroxylation sites is 2. The van der Waals surface area contributed by atoms with Gasteiger partial charge in [-0.05, 0) is 79.6 Å². The molecule has 3 aromatic carbocycles. The van der Waals surface area contributed by atoms with E-state index in [2.05, 4.69) is 34.6 Å². The van der Waals surface area contributed by atoms with E-state index in [1.54, 1.807) is 6.08 Å². The fourth-order valence-corrected chi connectivity index (χ4v) is 5.54. The number of aryl methyl sites for hydroxylation is 3. The Labute approximate surface area is 242 Å². The van der Waals surface area contributed by atoms with Gasteiger partial charge in [0.25, 0.3) is 5.91 Å². The molecule has 0 saturated carbocycles. The molecule has 2 aliphatic heterocycles. The number of ether oxygens (including phenoxy) is 2. The topological polar surface area (TPSA) is 92.3 Å². The van der Waals surface area contributed by atoms with Gasteiger partial charge in [0.1, 0.15) is 29.8 Å². The molecule has 0 fully saturated rings. The van der Waals surface area contributed by atoms with E-state index in [0.29, 0.717) is 23.4 Å². The fraction of sp³-hybridized carbons (Fsp3) is 0.188. The molecule has 1 aromatic heterocycles. The van der Waals surface area contributed by atoms with E-state index >= 15 is 0 Å². The third kappa shape index (κ3) is 5.40. The Balaban J connectivity index is 1.21. The molecule has 1 amide bonds. The predicted octanol–water partition coefficient (Wildman–Crippen LogP) is 6.34. The lowest BCUT2D eigenvalue weighted by Crippen LogP contribution is -2.35. The second kappa shape index (κ2) is 11.1. The van der Waals surface area contributed by atoms with Crippen molar-refractivity contribution < 1.29 is 14.3 Å². The quantitative estimate of drug-likeness (QED) is 0.253. The standard InChI is InChI=1S/C32H29N5O3S/c1-20-12-13-24(16-22(20)3)39-15-14-36-18-23(25-9-5-6-10-27(25)36)17-26-30(33)37-32(34-31(26)38)41-29(35-37)19-40-28-11-7-4-8-21(28)2/h4-13,16-18,33H,14-15,19H2,1-3H3/b26-17-,33-30?. The molecule has 0 unspecified atom stereocenters. The number of carbonyl (C=O) groups excluding carboxylic acids is 1. The van der Waals surface area contributed by atoms with E-state index in [1.807, 2.05) is 73.8 Å². The number of hydrogen-bond donors (Lipinski definition) is 1. The number of aromatic nitrogens is 1. The van der Waals surface area contributed by atoms with Crippen LogP contribution < -0.4 is 9.47 Å². The molecule has 9 heteroatoms. The number of amides is 1. The summed E-state index contributed by atoms with van der Waals surface area (Å²) in [5.74, 6) is 1.15. The molecule has 8 nitrogen and oxygen atoms in total. The highest BCUT2D eigenvalue weighted by Gasteiger charge is 2.36. The Kier molecular flexibility index (Phi) is 7.19. The number of hydrazone groups is 1. The van der Waals surface area contributed by atoms with Gasteiger partial charge in [0, 0.05) is 22.7 Å². The lowest BCUT2D eigenvalue weighted by Gasteiger charge is -2.20. The number of carbonyl (C=O) groups is 1. The summed E-state index contributed by atoms with van der Waals surface area (Å²) in [6.07, 6.45) is 3.72. The number of aliphatic imine (C=N–C) groups is 1. The van der Waals surface area contributed by atoms with E-state index in [1.165, 1.54) is 27.9 Å². The first-order valence-electron chi connectivity index (χ1n) is 13.3. The summed E-state index contributed by atoms with van der Waals surface area (Å²) >= 11 is 1.25. The molecule has 6 rings (SSSR count). The summed E-state index contributed by atoms with van der Waals surface area (Å²) in [6.45, 7) is 7.48. The average Bonchev–Trinajstić information content (AvgIpc) is 3.54. The van der Waals surface area contributed by atoms with Crippen molar-refractivity contribution in [2.24, 2.45) is 10.1 Å². The Morgan fingerprint density at radius 1 is 0.951 bits per heavy atom.